The number of carbonyl (C=O) groups excluding carboxylic acids is 1. The number of nitrogens with zero attached hydrogens (tertiary/aromatic N) is 1. The van der Waals surface area contributed by atoms with Gasteiger partial charge in [0.1, 0.15) is 11.8 Å². The number of methoxy groups -OCH3 is 1. The normalized spacial score (nSPS) is 16.8. The van der Waals surface area contributed by atoms with Crippen LogP contribution in [-0.2, 0) is 17.8 Å². The van der Waals surface area contributed by atoms with Gasteiger partial charge in [0.15, 0.2) is 0 Å². The molecule has 24 heavy (non-hydrogen) atoms. The molecule has 4 N–H and O–H groups in total. The molecule has 3 heterocycles. The van der Waals surface area contributed by atoms with Crippen LogP contribution in [0.4, 0.5) is 0 Å². The van der Waals surface area contributed by atoms with Gasteiger partial charge in [0, 0.05) is 35.3 Å². The topological polar surface area (TPSA) is 94.8 Å². The van der Waals surface area contributed by atoms with E-state index in [9.17, 15) is 4.79 Å². The average Bonchev–Trinajstić information content (AvgIpc) is 3.24. The fraction of sp³-hybridized carbons (Fsp3) is 0.294. The van der Waals surface area contributed by atoms with Crippen molar-refractivity contribution in [2.45, 2.75) is 19.0 Å². The number of amides is 1. The molecule has 3 aromatic rings. The van der Waals surface area contributed by atoms with Crippen LogP contribution in [0.25, 0.3) is 10.9 Å². The molecule has 7 nitrogen and oxygen atoms in total. The fourth-order valence-electron chi connectivity index (χ4n) is 3.11. The number of hydrogen-bond donors (Lipinski definition) is 4. The van der Waals surface area contributed by atoms with Crippen LogP contribution in [0.2, 0.25) is 0 Å². The number of ether oxygens (including phenoxy) is 1. The summed E-state index contributed by atoms with van der Waals surface area (Å²) in [6, 6.07) is 7.47. The molecule has 0 fully saturated rings. The highest BCUT2D eigenvalue weighted by atomic mass is 16.5. The van der Waals surface area contributed by atoms with Crippen molar-refractivity contribution >= 4 is 16.8 Å². The van der Waals surface area contributed by atoms with Crippen LogP contribution >= 0.6 is 0 Å². The van der Waals surface area contributed by atoms with Crippen molar-refractivity contribution < 1.29 is 9.53 Å². The molecule has 0 aliphatic carbocycles. The Kier molecular flexibility index (Phi) is 3.70. The first-order chi connectivity index (χ1) is 11.7. The first-order valence-corrected chi connectivity index (χ1v) is 7.93. The van der Waals surface area contributed by atoms with Crippen molar-refractivity contribution in [2.75, 3.05) is 13.7 Å². The molecule has 2 aromatic heterocycles. The van der Waals surface area contributed by atoms with Crippen LogP contribution in [0, 0.1) is 0 Å². The summed E-state index contributed by atoms with van der Waals surface area (Å²) in [6.45, 7) is 1.20. The van der Waals surface area contributed by atoms with Gasteiger partial charge in [-0.1, -0.05) is 0 Å². The van der Waals surface area contributed by atoms with Crippen LogP contribution in [0.5, 0.6) is 5.75 Å². The number of carbonyl (C=O) groups is 1. The molecule has 0 unspecified atom stereocenters. The summed E-state index contributed by atoms with van der Waals surface area (Å²) < 4.78 is 5.23. The third-order valence-electron chi connectivity index (χ3n) is 4.35. The molecule has 7 heteroatoms. The van der Waals surface area contributed by atoms with Crippen molar-refractivity contribution in [3.05, 3.63) is 47.7 Å². The molecular formula is C17H19N5O2. The number of imidazole rings is 1. The van der Waals surface area contributed by atoms with E-state index in [4.69, 9.17) is 4.74 Å². The summed E-state index contributed by atoms with van der Waals surface area (Å²) >= 11 is 0. The second-order valence-electron chi connectivity index (χ2n) is 5.87. The molecule has 1 aliphatic heterocycles. The molecule has 1 aliphatic rings. The summed E-state index contributed by atoms with van der Waals surface area (Å²) in [5.41, 5.74) is 3.79. The first kappa shape index (κ1) is 14.8. The fourth-order valence-corrected chi connectivity index (χ4v) is 3.11. The van der Waals surface area contributed by atoms with Crippen molar-refractivity contribution in [3.63, 3.8) is 0 Å². The minimum Gasteiger partial charge on any atom is -0.497 e. The largest absolute Gasteiger partial charge is 0.497 e. The standard InChI is InChI=1S/C17H19N5O2/c1-24-12-2-3-13-10(7-12)6-11(22-13)8-19-17(23)16-15-14(4-5-18-16)20-9-21-15/h2-3,6-7,9,16,18,22H,4-5,8H2,1H3,(H,19,23)(H,20,21)/t16-/m0/s1. The van der Waals surface area contributed by atoms with Gasteiger partial charge >= 0.3 is 0 Å². The van der Waals surface area contributed by atoms with Gasteiger partial charge in [-0.05, 0) is 24.3 Å². The molecule has 0 saturated carbocycles. The van der Waals surface area contributed by atoms with Gasteiger partial charge in [0.2, 0.25) is 5.91 Å². The van der Waals surface area contributed by atoms with Crippen LogP contribution in [0.3, 0.4) is 0 Å². The maximum atomic E-state index is 12.5. The van der Waals surface area contributed by atoms with E-state index in [1.165, 1.54) is 0 Å². The minimum absolute atomic E-state index is 0.0701. The predicted octanol–water partition coefficient (Wildman–Crippen LogP) is 1.40. The van der Waals surface area contributed by atoms with Crippen LogP contribution in [0.1, 0.15) is 23.1 Å². The summed E-state index contributed by atoms with van der Waals surface area (Å²) in [5.74, 6) is 0.744. The summed E-state index contributed by atoms with van der Waals surface area (Å²) in [6.07, 6.45) is 2.51. The Labute approximate surface area is 138 Å². The number of aromatic amines is 2. The van der Waals surface area contributed by atoms with E-state index < -0.39 is 6.04 Å². The monoisotopic (exact) mass is 325 g/mol. The highest BCUT2D eigenvalue weighted by molar-refractivity contribution is 5.84. The van der Waals surface area contributed by atoms with Gasteiger partial charge in [0.05, 0.1) is 25.7 Å². The van der Waals surface area contributed by atoms with E-state index in [1.807, 2.05) is 24.3 Å². The number of nitrogens with one attached hydrogen (secondary N) is 4. The van der Waals surface area contributed by atoms with Crippen LogP contribution in [0.15, 0.2) is 30.6 Å². The maximum absolute atomic E-state index is 12.5. The summed E-state index contributed by atoms with van der Waals surface area (Å²) in [4.78, 5) is 23.2. The number of aromatic nitrogens is 3. The zero-order chi connectivity index (χ0) is 16.5. The lowest BCUT2D eigenvalue weighted by Gasteiger charge is -2.22. The lowest BCUT2D eigenvalue weighted by atomic mass is 10.1. The van der Waals surface area contributed by atoms with E-state index in [-0.39, 0.29) is 5.91 Å². The molecular weight excluding hydrogens is 306 g/mol. The molecule has 0 bridgehead atoms. The van der Waals surface area contributed by atoms with Crippen LogP contribution < -0.4 is 15.4 Å². The van der Waals surface area contributed by atoms with E-state index in [2.05, 4.69) is 25.6 Å². The Balaban J connectivity index is 1.46. The van der Waals surface area contributed by atoms with Gasteiger partial charge in [-0.3, -0.25) is 4.79 Å². The number of benzene rings is 1. The highest BCUT2D eigenvalue weighted by Gasteiger charge is 2.28. The quantitative estimate of drug-likeness (QED) is 0.583. The molecule has 124 valence electrons. The second-order valence-corrected chi connectivity index (χ2v) is 5.87. The SMILES string of the molecule is COc1ccc2[nH]c(CNC(=O)[C@H]3NCCc4[nH]cnc43)cc2c1. The van der Waals surface area contributed by atoms with Crippen molar-refractivity contribution in [3.8, 4) is 5.75 Å². The van der Waals surface area contributed by atoms with Crippen LogP contribution in [-0.4, -0.2) is 34.5 Å². The second kappa shape index (κ2) is 6.01. The van der Waals surface area contributed by atoms with Crippen molar-refractivity contribution in [1.29, 1.82) is 0 Å². The smallest absolute Gasteiger partial charge is 0.243 e. The molecule has 1 aromatic carbocycles. The molecule has 1 amide bonds. The van der Waals surface area contributed by atoms with Crippen molar-refractivity contribution in [1.82, 2.24) is 25.6 Å². The molecule has 0 saturated heterocycles. The van der Waals surface area contributed by atoms with E-state index >= 15 is 0 Å². The Bertz CT molecular complexity index is 882. The third-order valence-corrected chi connectivity index (χ3v) is 4.35. The number of hydrogen-bond acceptors (Lipinski definition) is 4. The minimum atomic E-state index is -0.399. The van der Waals surface area contributed by atoms with E-state index in [1.54, 1.807) is 13.4 Å². The molecule has 0 radical (unpaired) electrons. The van der Waals surface area contributed by atoms with Crippen molar-refractivity contribution in [2.24, 2.45) is 0 Å². The number of rotatable bonds is 4. The van der Waals surface area contributed by atoms with Gasteiger partial charge in [-0.15, -0.1) is 0 Å². The molecule has 4 rings (SSSR count). The summed E-state index contributed by atoms with van der Waals surface area (Å²) in [5, 5.41) is 7.25. The van der Waals surface area contributed by atoms with E-state index in [0.29, 0.717) is 6.54 Å². The lowest BCUT2D eigenvalue weighted by Crippen LogP contribution is -2.41. The number of fused-ring (bicyclic) bond motifs is 2. The Morgan fingerprint density at radius 2 is 2.33 bits per heavy atom. The molecule has 1 atom stereocenters. The Morgan fingerprint density at radius 1 is 1.42 bits per heavy atom. The first-order valence-electron chi connectivity index (χ1n) is 7.93. The summed E-state index contributed by atoms with van der Waals surface area (Å²) in [7, 11) is 1.65. The zero-order valence-electron chi connectivity index (χ0n) is 13.3. The molecule has 0 spiro atoms. The van der Waals surface area contributed by atoms with E-state index in [0.717, 1.165) is 46.7 Å². The third kappa shape index (κ3) is 2.63. The predicted molar refractivity (Wildman–Crippen MR) is 89.7 cm³/mol. The Hall–Kier alpha value is -2.80. The van der Waals surface area contributed by atoms with Gasteiger partial charge in [-0.2, -0.15) is 0 Å². The zero-order valence-corrected chi connectivity index (χ0v) is 13.3. The Morgan fingerprint density at radius 3 is 3.21 bits per heavy atom. The maximum Gasteiger partial charge on any atom is 0.243 e. The lowest BCUT2D eigenvalue weighted by molar-refractivity contribution is -0.123. The van der Waals surface area contributed by atoms with Gasteiger partial charge in [0.25, 0.3) is 0 Å². The average molecular weight is 325 g/mol. The van der Waals surface area contributed by atoms with Gasteiger partial charge in [-0.25, -0.2) is 4.98 Å². The number of H-pyrrole nitrogens is 2. The van der Waals surface area contributed by atoms with Gasteiger partial charge < -0.3 is 25.3 Å². The highest BCUT2D eigenvalue weighted by Crippen LogP contribution is 2.22.